The molecule has 0 saturated heterocycles. The maximum atomic E-state index is 6.01. The summed E-state index contributed by atoms with van der Waals surface area (Å²) in [5, 5.41) is 1.68. The number of nitrogens with zero attached hydrogens (tertiary/aromatic N) is 2. The van der Waals surface area contributed by atoms with E-state index in [0.29, 0.717) is 17.5 Å². The summed E-state index contributed by atoms with van der Waals surface area (Å²) in [6.07, 6.45) is 2.46. The van der Waals surface area contributed by atoms with E-state index in [4.69, 9.17) is 16.3 Å². The molecule has 0 atom stereocenters. The minimum Gasteiger partial charge on any atom is -0.476 e. The predicted octanol–water partition coefficient (Wildman–Crippen LogP) is 3.55. The zero-order valence-corrected chi connectivity index (χ0v) is 10.7. The third kappa shape index (κ3) is 1.78. The zero-order chi connectivity index (χ0) is 12.5. The Kier molecular flexibility index (Phi) is 2.80. The van der Waals surface area contributed by atoms with Gasteiger partial charge in [-0.25, -0.2) is 4.98 Å². The number of rotatable bonds is 3. The minimum atomic E-state index is 0.592. The highest BCUT2D eigenvalue weighted by molar-refractivity contribution is 6.31. The first-order chi connectivity index (χ1) is 8.79. The van der Waals surface area contributed by atoms with Crippen LogP contribution in [0.3, 0.4) is 0 Å². The minimum absolute atomic E-state index is 0.592. The van der Waals surface area contributed by atoms with Gasteiger partial charge in [-0.1, -0.05) is 18.5 Å². The van der Waals surface area contributed by atoms with Gasteiger partial charge in [-0.2, -0.15) is 4.98 Å². The summed E-state index contributed by atoms with van der Waals surface area (Å²) in [6, 6.07) is 5.68. The molecule has 2 aromatic heterocycles. The molecule has 0 saturated carbocycles. The third-order valence-corrected chi connectivity index (χ3v) is 2.99. The summed E-state index contributed by atoms with van der Waals surface area (Å²) in [6.45, 7) is 2.70. The Balaban J connectivity index is 2.25. The molecule has 2 heterocycles. The number of hydrogen-bond acceptors (Lipinski definition) is 3. The van der Waals surface area contributed by atoms with Gasteiger partial charge in [-0.05, 0) is 24.6 Å². The molecule has 92 valence electrons. The Labute approximate surface area is 109 Å². The zero-order valence-electron chi connectivity index (χ0n) is 9.90. The van der Waals surface area contributed by atoms with E-state index in [9.17, 15) is 0 Å². The van der Waals surface area contributed by atoms with E-state index in [1.54, 1.807) is 0 Å². The van der Waals surface area contributed by atoms with Crippen LogP contribution >= 0.6 is 11.6 Å². The van der Waals surface area contributed by atoms with Crippen LogP contribution in [-0.2, 0) is 0 Å². The second-order valence-corrected chi connectivity index (χ2v) is 4.50. The predicted molar refractivity (Wildman–Crippen MR) is 72.2 cm³/mol. The number of halogens is 1. The lowest BCUT2D eigenvalue weighted by Gasteiger charge is -2.03. The molecule has 4 nitrogen and oxygen atoms in total. The van der Waals surface area contributed by atoms with Crippen molar-refractivity contribution in [3.05, 3.63) is 29.5 Å². The van der Waals surface area contributed by atoms with Gasteiger partial charge in [0.15, 0.2) is 0 Å². The fourth-order valence-electron chi connectivity index (χ4n) is 1.95. The lowest BCUT2D eigenvalue weighted by atomic mass is 10.2. The van der Waals surface area contributed by atoms with Crippen LogP contribution in [0.2, 0.25) is 5.02 Å². The Morgan fingerprint density at radius 3 is 3.06 bits per heavy atom. The second kappa shape index (κ2) is 4.46. The van der Waals surface area contributed by atoms with Gasteiger partial charge in [0.2, 0.25) is 5.88 Å². The molecule has 0 radical (unpaired) electrons. The highest BCUT2D eigenvalue weighted by Crippen LogP contribution is 2.30. The van der Waals surface area contributed by atoms with Crippen molar-refractivity contribution >= 4 is 33.5 Å². The standard InChI is InChI=1S/C13H12ClN3O/c1-2-5-18-13-12-11(15-7-16-13)9-6-8(14)3-4-10(9)17-12/h3-4,6-7,17H,2,5H2,1H3. The monoisotopic (exact) mass is 261 g/mol. The van der Waals surface area contributed by atoms with Gasteiger partial charge in [0.1, 0.15) is 17.4 Å². The molecule has 3 aromatic rings. The van der Waals surface area contributed by atoms with Crippen molar-refractivity contribution in [3.63, 3.8) is 0 Å². The van der Waals surface area contributed by atoms with E-state index in [0.717, 1.165) is 28.4 Å². The number of aromatic nitrogens is 3. The van der Waals surface area contributed by atoms with Crippen LogP contribution in [0.15, 0.2) is 24.5 Å². The first-order valence-electron chi connectivity index (χ1n) is 5.84. The first-order valence-corrected chi connectivity index (χ1v) is 6.22. The Hall–Kier alpha value is -1.81. The highest BCUT2D eigenvalue weighted by Gasteiger charge is 2.11. The van der Waals surface area contributed by atoms with Crippen molar-refractivity contribution < 1.29 is 4.74 Å². The van der Waals surface area contributed by atoms with Crippen LogP contribution in [0.1, 0.15) is 13.3 Å². The van der Waals surface area contributed by atoms with Crippen molar-refractivity contribution in [1.29, 1.82) is 0 Å². The Bertz CT molecular complexity index is 708. The van der Waals surface area contributed by atoms with Gasteiger partial charge in [0.25, 0.3) is 0 Å². The molecule has 0 aliphatic carbocycles. The van der Waals surface area contributed by atoms with Crippen LogP contribution in [0.5, 0.6) is 5.88 Å². The highest BCUT2D eigenvalue weighted by atomic mass is 35.5. The molecule has 0 aliphatic rings. The molecular formula is C13H12ClN3O. The maximum Gasteiger partial charge on any atom is 0.241 e. The van der Waals surface area contributed by atoms with E-state index in [1.165, 1.54) is 6.33 Å². The molecule has 5 heteroatoms. The van der Waals surface area contributed by atoms with E-state index in [-0.39, 0.29) is 0 Å². The summed E-state index contributed by atoms with van der Waals surface area (Å²) in [5.41, 5.74) is 2.65. The first kappa shape index (κ1) is 11.3. The largest absolute Gasteiger partial charge is 0.476 e. The summed E-state index contributed by atoms with van der Waals surface area (Å²) >= 11 is 6.01. The average molecular weight is 262 g/mol. The number of aromatic amines is 1. The SMILES string of the molecule is CCCOc1ncnc2c1[nH]c1ccc(Cl)cc12. The number of H-pyrrole nitrogens is 1. The quantitative estimate of drug-likeness (QED) is 0.784. The van der Waals surface area contributed by atoms with Crippen molar-refractivity contribution in [1.82, 2.24) is 15.0 Å². The molecule has 1 N–H and O–H groups in total. The summed E-state index contributed by atoms with van der Waals surface area (Å²) in [7, 11) is 0. The molecule has 0 aliphatic heterocycles. The molecule has 0 bridgehead atoms. The van der Waals surface area contributed by atoms with Crippen LogP contribution in [0.4, 0.5) is 0 Å². The summed E-state index contributed by atoms with van der Waals surface area (Å²) in [4.78, 5) is 11.7. The van der Waals surface area contributed by atoms with Gasteiger partial charge in [-0.15, -0.1) is 0 Å². The van der Waals surface area contributed by atoms with Gasteiger partial charge >= 0.3 is 0 Å². The number of ether oxygens (including phenoxy) is 1. The van der Waals surface area contributed by atoms with Crippen LogP contribution < -0.4 is 4.74 Å². The van der Waals surface area contributed by atoms with Gasteiger partial charge < -0.3 is 9.72 Å². The molecule has 0 fully saturated rings. The number of fused-ring (bicyclic) bond motifs is 3. The molecular weight excluding hydrogens is 250 g/mol. The van der Waals surface area contributed by atoms with E-state index in [1.807, 2.05) is 18.2 Å². The second-order valence-electron chi connectivity index (χ2n) is 4.07. The molecule has 3 rings (SSSR count). The summed E-state index contributed by atoms with van der Waals surface area (Å²) in [5.74, 6) is 0.592. The van der Waals surface area contributed by atoms with E-state index < -0.39 is 0 Å². The average Bonchev–Trinajstić information content (AvgIpc) is 2.75. The molecule has 0 spiro atoms. The molecule has 0 unspecified atom stereocenters. The van der Waals surface area contributed by atoms with Crippen molar-refractivity contribution in [2.75, 3.05) is 6.61 Å². The van der Waals surface area contributed by atoms with Gasteiger partial charge in [0, 0.05) is 15.9 Å². The lowest BCUT2D eigenvalue weighted by Crippen LogP contribution is -1.98. The normalized spacial score (nSPS) is 11.2. The number of hydrogen-bond donors (Lipinski definition) is 1. The number of benzene rings is 1. The third-order valence-electron chi connectivity index (χ3n) is 2.75. The Morgan fingerprint density at radius 2 is 2.22 bits per heavy atom. The molecule has 1 aromatic carbocycles. The van der Waals surface area contributed by atoms with Crippen LogP contribution in [0, 0.1) is 0 Å². The number of nitrogens with one attached hydrogen (secondary N) is 1. The fourth-order valence-corrected chi connectivity index (χ4v) is 2.12. The van der Waals surface area contributed by atoms with Crippen LogP contribution in [-0.4, -0.2) is 21.6 Å². The lowest BCUT2D eigenvalue weighted by molar-refractivity contribution is 0.308. The van der Waals surface area contributed by atoms with Crippen molar-refractivity contribution in [2.24, 2.45) is 0 Å². The van der Waals surface area contributed by atoms with Crippen molar-refractivity contribution in [2.45, 2.75) is 13.3 Å². The maximum absolute atomic E-state index is 6.01. The molecule has 0 amide bonds. The van der Waals surface area contributed by atoms with Crippen molar-refractivity contribution in [3.8, 4) is 5.88 Å². The van der Waals surface area contributed by atoms with E-state index >= 15 is 0 Å². The smallest absolute Gasteiger partial charge is 0.241 e. The fraction of sp³-hybridized carbons (Fsp3) is 0.231. The van der Waals surface area contributed by atoms with Gasteiger partial charge in [0.05, 0.1) is 6.61 Å². The topological polar surface area (TPSA) is 50.8 Å². The van der Waals surface area contributed by atoms with Gasteiger partial charge in [-0.3, -0.25) is 0 Å². The van der Waals surface area contributed by atoms with E-state index in [2.05, 4.69) is 21.9 Å². The summed E-state index contributed by atoms with van der Waals surface area (Å²) < 4.78 is 5.61. The van der Waals surface area contributed by atoms with Crippen LogP contribution in [0.25, 0.3) is 21.9 Å². The Morgan fingerprint density at radius 1 is 1.33 bits per heavy atom. The molecule has 18 heavy (non-hydrogen) atoms.